The van der Waals surface area contributed by atoms with Gasteiger partial charge in [0.1, 0.15) is 28.2 Å². The molecule has 2 saturated heterocycles. The summed E-state index contributed by atoms with van der Waals surface area (Å²) >= 11 is 2.65. The monoisotopic (exact) mass is 645 g/mol. The summed E-state index contributed by atoms with van der Waals surface area (Å²) in [6.45, 7) is 5.64. The third-order valence-electron chi connectivity index (χ3n) is 7.35. The number of hydrogen-bond donors (Lipinski definition) is 1. The smallest absolute Gasteiger partial charge is 0.408 e. The van der Waals surface area contributed by atoms with E-state index in [1.54, 1.807) is 37.3 Å². The van der Waals surface area contributed by atoms with Gasteiger partial charge in [0, 0.05) is 17.9 Å². The summed E-state index contributed by atoms with van der Waals surface area (Å²) in [5.74, 6) is -1.10. The molecule has 3 aromatic rings. The Kier molecular flexibility index (Phi) is 8.47. The van der Waals surface area contributed by atoms with E-state index in [1.165, 1.54) is 28.0 Å². The van der Waals surface area contributed by atoms with Gasteiger partial charge in [0.15, 0.2) is 6.10 Å². The first-order valence-electron chi connectivity index (χ1n) is 14.4. The zero-order valence-electron chi connectivity index (χ0n) is 24.8. The van der Waals surface area contributed by atoms with Crippen molar-refractivity contribution in [1.82, 2.24) is 20.4 Å². The largest absolute Gasteiger partial charge is 0.448 e. The van der Waals surface area contributed by atoms with Crippen molar-refractivity contribution in [2.75, 3.05) is 17.2 Å². The highest BCUT2D eigenvalue weighted by atomic mass is 32.2. The fraction of sp³-hybridized carbons (Fsp3) is 0.312. The Labute approximate surface area is 268 Å². The Morgan fingerprint density at radius 1 is 1.04 bits per heavy atom. The molecule has 0 spiro atoms. The number of esters is 1. The molecule has 11 nitrogen and oxygen atoms in total. The number of amides is 3. The zero-order valence-corrected chi connectivity index (χ0v) is 26.5. The molecule has 13 heteroatoms. The van der Waals surface area contributed by atoms with E-state index in [0.717, 1.165) is 11.1 Å². The number of β-lactam (4-membered cyclic amide) rings is 1. The molecule has 0 bridgehead atoms. The lowest BCUT2D eigenvalue weighted by Crippen LogP contribution is -2.70. The number of carbonyl (C=O) groups is 4. The molecule has 0 radical (unpaired) electrons. The SMILES string of the molecule is CC(C)(C)OC(=O)N[C@@H]1C(=O)N2C(C(=O)OC(c3ccccc3)c3ccccc3)=C(/C=C3\CCN(c4nncs4)C3=O)CS[C@H]12. The normalized spacial score (nSPS) is 20.8. The van der Waals surface area contributed by atoms with Gasteiger partial charge in [-0.1, -0.05) is 72.0 Å². The van der Waals surface area contributed by atoms with Crippen molar-refractivity contribution < 1.29 is 28.7 Å². The summed E-state index contributed by atoms with van der Waals surface area (Å²) in [7, 11) is 0. The van der Waals surface area contributed by atoms with E-state index in [4.69, 9.17) is 9.47 Å². The molecule has 3 aliphatic heterocycles. The number of fused-ring (bicyclic) bond motifs is 1. The van der Waals surface area contributed by atoms with Crippen molar-refractivity contribution >= 4 is 52.1 Å². The van der Waals surface area contributed by atoms with Crippen LogP contribution in [0.5, 0.6) is 0 Å². The lowest BCUT2D eigenvalue weighted by atomic mass is 10.00. The van der Waals surface area contributed by atoms with Crippen molar-refractivity contribution in [2.24, 2.45) is 0 Å². The molecule has 3 aliphatic rings. The minimum absolute atomic E-state index is 0.0533. The fourth-order valence-corrected chi connectivity index (χ4v) is 7.24. The van der Waals surface area contributed by atoms with Crippen LogP contribution < -0.4 is 10.2 Å². The Balaban J connectivity index is 1.34. The van der Waals surface area contributed by atoms with Crippen LogP contribution in [0, 0.1) is 0 Å². The third-order valence-corrected chi connectivity index (χ3v) is 9.36. The number of hydrogen-bond acceptors (Lipinski definition) is 10. The quantitative estimate of drug-likeness (QED) is 0.223. The summed E-state index contributed by atoms with van der Waals surface area (Å²) in [5.41, 5.74) is 3.38. The molecule has 2 atom stereocenters. The number of thioether (sulfide) groups is 1. The van der Waals surface area contributed by atoms with Crippen molar-refractivity contribution in [3.8, 4) is 0 Å². The molecule has 3 amide bonds. The second-order valence-corrected chi connectivity index (χ2v) is 13.5. The molecule has 232 valence electrons. The molecule has 0 unspecified atom stereocenters. The highest BCUT2D eigenvalue weighted by Crippen LogP contribution is 2.43. The van der Waals surface area contributed by atoms with E-state index >= 15 is 0 Å². The highest BCUT2D eigenvalue weighted by molar-refractivity contribution is 8.00. The number of aromatic nitrogens is 2. The Morgan fingerprint density at radius 2 is 1.71 bits per heavy atom. The van der Waals surface area contributed by atoms with Crippen molar-refractivity contribution in [3.63, 3.8) is 0 Å². The van der Waals surface area contributed by atoms with Gasteiger partial charge in [0.25, 0.3) is 11.8 Å². The second-order valence-electron chi connectivity index (χ2n) is 11.6. The van der Waals surface area contributed by atoms with Crippen LogP contribution in [-0.2, 0) is 23.9 Å². The fourth-order valence-electron chi connectivity index (χ4n) is 5.35. The number of benzene rings is 2. The zero-order chi connectivity index (χ0) is 31.7. The van der Waals surface area contributed by atoms with Crippen LogP contribution in [-0.4, -0.2) is 68.3 Å². The standard InChI is InChI=1S/C32H31N5O6S2/c1-32(2,3)43-31(41)34-23-27(39)37-24(29(40)42-25(19-10-6-4-7-11-19)20-12-8-5-9-13-20)22(17-44-28(23)37)16-21-14-15-36(26(21)38)30-35-33-18-45-30/h4-13,16,18,23,25,28H,14-15,17H2,1-3H3,(H,34,41)/b21-16+/t23-,28-/m1/s1. The number of rotatable bonds is 7. The van der Waals surface area contributed by atoms with Crippen LogP contribution in [0.15, 0.2) is 89.1 Å². The van der Waals surface area contributed by atoms with E-state index in [9.17, 15) is 19.2 Å². The molecular weight excluding hydrogens is 615 g/mol. The summed E-state index contributed by atoms with van der Waals surface area (Å²) in [5, 5.41) is 10.4. The first-order chi connectivity index (χ1) is 21.6. The molecule has 2 aromatic carbocycles. The van der Waals surface area contributed by atoms with Crippen molar-refractivity contribution in [1.29, 1.82) is 0 Å². The number of carbonyl (C=O) groups excluding carboxylic acids is 4. The lowest BCUT2D eigenvalue weighted by Gasteiger charge is -2.49. The van der Waals surface area contributed by atoms with Gasteiger partial charge in [0.05, 0.1) is 0 Å². The average molecular weight is 646 g/mol. The molecule has 2 fully saturated rings. The minimum atomic E-state index is -0.887. The average Bonchev–Trinajstić information content (AvgIpc) is 3.68. The Bertz CT molecular complexity index is 1630. The van der Waals surface area contributed by atoms with Crippen molar-refractivity contribution in [2.45, 2.75) is 50.3 Å². The van der Waals surface area contributed by atoms with Crippen LogP contribution in [0.2, 0.25) is 0 Å². The summed E-state index contributed by atoms with van der Waals surface area (Å²) in [4.78, 5) is 56.5. The van der Waals surface area contributed by atoms with Gasteiger partial charge >= 0.3 is 12.1 Å². The van der Waals surface area contributed by atoms with Gasteiger partial charge in [-0.05, 0) is 50.0 Å². The molecule has 1 N–H and O–H groups in total. The number of ether oxygens (including phenoxy) is 2. The predicted octanol–water partition coefficient (Wildman–Crippen LogP) is 4.60. The van der Waals surface area contributed by atoms with Crippen LogP contribution in [0.3, 0.4) is 0 Å². The molecule has 1 aromatic heterocycles. The predicted molar refractivity (Wildman–Crippen MR) is 169 cm³/mol. The highest BCUT2D eigenvalue weighted by Gasteiger charge is 2.55. The number of allylic oxidation sites excluding steroid dienone is 1. The lowest BCUT2D eigenvalue weighted by molar-refractivity contribution is -0.153. The van der Waals surface area contributed by atoms with E-state index in [-0.39, 0.29) is 11.6 Å². The number of nitrogens with one attached hydrogen (secondary N) is 1. The Hall–Kier alpha value is -4.49. The second kappa shape index (κ2) is 12.5. The minimum Gasteiger partial charge on any atom is -0.448 e. The van der Waals surface area contributed by atoms with Gasteiger partial charge < -0.3 is 14.8 Å². The van der Waals surface area contributed by atoms with Crippen LogP contribution in [0.25, 0.3) is 0 Å². The topological polar surface area (TPSA) is 131 Å². The van der Waals surface area contributed by atoms with E-state index in [0.29, 0.717) is 35.0 Å². The number of nitrogens with zero attached hydrogens (tertiary/aromatic N) is 4. The molecule has 45 heavy (non-hydrogen) atoms. The molecule has 6 rings (SSSR count). The molecular formula is C32H31N5O6S2. The van der Waals surface area contributed by atoms with E-state index in [1.807, 2.05) is 60.7 Å². The first-order valence-corrected chi connectivity index (χ1v) is 16.3. The maximum absolute atomic E-state index is 14.2. The van der Waals surface area contributed by atoms with Gasteiger partial charge in [-0.25, -0.2) is 9.59 Å². The molecule has 0 aliphatic carbocycles. The van der Waals surface area contributed by atoms with Gasteiger partial charge in [-0.3, -0.25) is 19.4 Å². The Morgan fingerprint density at radius 3 is 2.31 bits per heavy atom. The van der Waals surface area contributed by atoms with Gasteiger partial charge in [0.2, 0.25) is 5.13 Å². The summed E-state index contributed by atoms with van der Waals surface area (Å²) in [6, 6.07) is 17.8. The van der Waals surface area contributed by atoms with Gasteiger partial charge in [-0.15, -0.1) is 22.0 Å². The molecule has 0 saturated carbocycles. The third kappa shape index (κ3) is 6.36. The number of alkyl carbamates (subject to hydrolysis) is 1. The maximum atomic E-state index is 14.2. The number of anilines is 1. The van der Waals surface area contributed by atoms with Crippen LogP contribution in [0.1, 0.15) is 44.4 Å². The molecule has 4 heterocycles. The van der Waals surface area contributed by atoms with Crippen LogP contribution in [0.4, 0.5) is 9.93 Å². The van der Waals surface area contributed by atoms with E-state index in [2.05, 4.69) is 15.5 Å². The maximum Gasteiger partial charge on any atom is 0.408 e. The van der Waals surface area contributed by atoms with E-state index < -0.39 is 41.1 Å². The summed E-state index contributed by atoms with van der Waals surface area (Å²) in [6.07, 6.45) is 0.655. The first kappa shape index (κ1) is 30.5. The van der Waals surface area contributed by atoms with Gasteiger partial charge in [-0.2, -0.15) is 0 Å². The van der Waals surface area contributed by atoms with Crippen molar-refractivity contribution in [3.05, 3.63) is 100 Å². The van der Waals surface area contributed by atoms with Crippen LogP contribution >= 0.6 is 23.1 Å². The summed E-state index contributed by atoms with van der Waals surface area (Å²) < 4.78 is 11.6.